The van der Waals surface area contributed by atoms with Crippen LogP contribution in [0.1, 0.15) is 12.5 Å². The van der Waals surface area contributed by atoms with Crippen molar-refractivity contribution in [2.24, 2.45) is 0 Å². The topological polar surface area (TPSA) is 58.7 Å². The molecule has 2 atom stereocenters. The van der Waals surface area contributed by atoms with Crippen molar-refractivity contribution >= 4 is 11.4 Å². The summed E-state index contributed by atoms with van der Waals surface area (Å²) in [5, 5.41) is 9.20. The number of nitrogen functional groups attached to an aromatic ring is 1. The van der Waals surface area contributed by atoms with Gasteiger partial charge in [-0.05, 0) is 31.5 Å². The summed E-state index contributed by atoms with van der Waals surface area (Å²) >= 11 is 0. The number of aliphatic hydroxyl groups is 1. The van der Waals surface area contributed by atoms with Crippen molar-refractivity contribution in [3.63, 3.8) is 0 Å². The fraction of sp³-hybridized carbons (Fsp3) is 0.538. The summed E-state index contributed by atoms with van der Waals surface area (Å²) in [5.41, 5.74) is 9.02. The lowest BCUT2D eigenvalue weighted by molar-refractivity contribution is -0.0420. The van der Waals surface area contributed by atoms with Gasteiger partial charge in [0, 0.05) is 13.1 Å². The second-order valence-corrected chi connectivity index (χ2v) is 4.72. The highest BCUT2D eigenvalue weighted by atomic mass is 16.5. The van der Waals surface area contributed by atoms with Crippen molar-refractivity contribution in [2.45, 2.75) is 26.1 Å². The minimum absolute atomic E-state index is 0.0482. The van der Waals surface area contributed by atoms with E-state index < -0.39 is 0 Å². The SMILES string of the molecule is Cc1ccc(N2CC(C)OC(CO)C2)c(N)c1. The zero-order chi connectivity index (χ0) is 12.4. The molecule has 0 radical (unpaired) electrons. The Balaban J connectivity index is 2.20. The first-order valence-corrected chi connectivity index (χ1v) is 5.97. The van der Waals surface area contributed by atoms with Crippen LogP contribution in [0.3, 0.4) is 0 Å². The highest BCUT2D eigenvalue weighted by molar-refractivity contribution is 5.68. The van der Waals surface area contributed by atoms with Crippen LogP contribution in [0.15, 0.2) is 18.2 Å². The summed E-state index contributed by atoms with van der Waals surface area (Å²) < 4.78 is 5.62. The van der Waals surface area contributed by atoms with Crippen LogP contribution in [-0.2, 0) is 4.74 Å². The molecule has 2 unspecified atom stereocenters. The lowest BCUT2D eigenvalue weighted by Gasteiger charge is -2.38. The van der Waals surface area contributed by atoms with E-state index in [1.807, 2.05) is 26.0 Å². The van der Waals surface area contributed by atoms with E-state index in [0.717, 1.165) is 23.5 Å². The molecule has 0 aromatic heterocycles. The Kier molecular flexibility index (Phi) is 3.54. The van der Waals surface area contributed by atoms with E-state index in [1.54, 1.807) is 0 Å². The second-order valence-electron chi connectivity index (χ2n) is 4.72. The molecule has 3 N–H and O–H groups in total. The molecule has 0 bridgehead atoms. The van der Waals surface area contributed by atoms with Crippen molar-refractivity contribution in [1.82, 2.24) is 0 Å². The van der Waals surface area contributed by atoms with E-state index in [-0.39, 0.29) is 18.8 Å². The van der Waals surface area contributed by atoms with Crippen molar-refractivity contribution < 1.29 is 9.84 Å². The molecule has 1 aromatic rings. The number of hydrogen-bond acceptors (Lipinski definition) is 4. The molecule has 1 aromatic carbocycles. The molecule has 1 fully saturated rings. The predicted octanol–water partition coefficient (Wildman–Crippen LogP) is 1.16. The van der Waals surface area contributed by atoms with E-state index in [9.17, 15) is 5.11 Å². The normalized spacial score (nSPS) is 25.0. The Morgan fingerprint density at radius 3 is 2.88 bits per heavy atom. The van der Waals surface area contributed by atoms with Crippen LogP contribution in [0.4, 0.5) is 11.4 Å². The largest absolute Gasteiger partial charge is 0.397 e. The first-order chi connectivity index (χ1) is 8.10. The first-order valence-electron chi connectivity index (χ1n) is 5.97. The fourth-order valence-electron chi connectivity index (χ4n) is 2.30. The minimum atomic E-state index is -0.126. The van der Waals surface area contributed by atoms with E-state index in [0.29, 0.717) is 6.54 Å². The molecule has 4 nitrogen and oxygen atoms in total. The number of aliphatic hydroxyl groups excluding tert-OH is 1. The maximum absolute atomic E-state index is 9.20. The van der Waals surface area contributed by atoms with Gasteiger partial charge in [0.25, 0.3) is 0 Å². The molecule has 4 heteroatoms. The lowest BCUT2D eigenvalue weighted by Crippen LogP contribution is -2.48. The van der Waals surface area contributed by atoms with Gasteiger partial charge in [0.1, 0.15) is 0 Å². The van der Waals surface area contributed by atoms with E-state index in [2.05, 4.69) is 11.0 Å². The molecule has 2 rings (SSSR count). The Bertz CT molecular complexity index is 395. The predicted molar refractivity (Wildman–Crippen MR) is 69.2 cm³/mol. The van der Waals surface area contributed by atoms with Gasteiger partial charge in [-0.3, -0.25) is 0 Å². The molecule has 1 aliphatic heterocycles. The van der Waals surface area contributed by atoms with Gasteiger partial charge in [0.2, 0.25) is 0 Å². The molecule has 1 saturated heterocycles. The average molecular weight is 236 g/mol. The van der Waals surface area contributed by atoms with Crippen LogP contribution in [0, 0.1) is 6.92 Å². The Morgan fingerprint density at radius 2 is 2.24 bits per heavy atom. The third-order valence-electron chi connectivity index (χ3n) is 3.05. The molecule has 17 heavy (non-hydrogen) atoms. The Labute approximate surface area is 102 Å². The zero-order valence-electron chi connectivity index (χ0n) is 10.4. The number of morpholine rings is 1. The van der Waals surface area contributed by atoms with Crippen LogP contribution >= 0.6 is 0 Å². The number of nitrogens with two attached hydrogens (primary N) is 1. The summed E-state index contributed by atoms with van der Waals surface area (Å²) in [7, 11) is 0. The minimum Gasteiger partial charge on any atom is -0.397 e. The summed E-state index contributed by atoms with van der Waals surface area (Å²) in [6, 6.07) is 6.07. The van der Waals surface area contributed by atoms with Crippen LogP contribution < -0.4 is 10.6 Å². The molecule has 0 saturated carbocycles. The number of ether oxygens (including phenoxy) is 1. The number of anilines is 2. The molecular weight excluding hydrogens is 216 g/mol. The summed E-state index contributed by atoms with van der Waals surface area (Å²) in [4.78, 5) is 2.18. The van der Waals surface area contributed by atoms with Crippen LogP contribution in [0.25, 0.3) is 0 Å². The van der Waals surface area contributed by atoms with Crippen molar-refractivity contribution in [1.29, 1.82) is 0 Å². The quantitative estimate of drug-likeness (QED) is 0.757. The number of nitrogens with zero attached hydrogens (tertiary/aromatic N) is 1. The van der Waals surface area contributed by atoms with Crippen molar-refractivity contribution in [2.75, 3.05) is 30.3 Å². The maximum Gasteiger partial charge on any atom is 0.0984 e. The van der Waals surface area contributed by atoms with Gasteiger partial charge in [-0.15, -0.1) is 0 Å². The number of hydrogen-bond donors (Lipinski definition) is 2. The van der Waals surface area contributed by atoms with E-state index >= 15 is 0 Å². The van der Waals surface area contributed by atoms with Gasteiger partial charge in [-0.2, -0.15) is 0 Å². The van der Waals surface area contributed by atoms with Gasteiger partial charge in [0.05, 0.1) is 30.2 Å². The maximum atomic E-state index is 9.20. The summed E-state index contributed by atoms with van der Waals surface area (Å²) in [6.07, 6.45) is -0.0129. The van der Waals surface area contributed by atoms with Gasteiger partial charge in [-0.1, -0.05) is 6.07 Å². The highest BCUT2D eigenvalue weighted by Gasteiger charge is 2.25. The third-order valence-corrected chi connectivity index (χ3v) is 3.05. The van der Waals surface area contributed by atoms with Crippen LogP contribution in [-0.4, -0.2) is 37.0 Å². The Hall–Kier alpha value is -1.26. The zero-order valence-corrected chi connectivity index (χ0v) is 10.4. The van der Waals surface area contributed by atoms with E-state index in [1.165, 1.54) is 0 Å². The smallest absolute Gasteiger partial charge is 0.0984 e. The third kappa shape index (κ3) is 2.70. The van der Waals surface area contributed by atoms with Gasteiger partial charge in [0.15, 0.2) is 0 Å². The monoisotopic (exact) mass is 236 g/mol. The first kappa shape index (κ1) is 12.2. The standard InChI is InChI=1S/C13H20N2O2/c1-9-3-4-13(12(14)5-9)15-6-10(2)17-11(7-15)8-16/h3-5,10-11,16H,6-8,14H2,1-2H3. The van der Waals surface area contributed by atoms with Gasteiger partial charge >= 0.3 is 0 Å². The van der Waals surface area contributed by atoms with Crippen LogP contribution in [0.2, 0.25) is 0 Å². The number of rotatable bonds is 2. The van der Waals surface area contributed by atoms with Crippen molar-refractivity contribution in [3.05, 3.63) is 23.8 Å². The summed E-state index contributed by atoms with van der Waals surface area (Å²) in [6.45, 7) is 5.59. The molecule has 0 amide bonds. The van der Waals surface area contributed by atoms with Gasteiger partial charge in [-0.25, -0.2) is 0 Å². The number of aryl methyl sites for hydroxylation is 1. The molecule has 1 aliphatic rings. The molecule has 0 spiro atoms. The van der Waals surface area contributed by atoms with Crippen molar-refractivity contribution in [3.8, 4) is 0 Å². The lowest BCUT2D eigenvalue weighted by atomic mass is 10.1. The average Bonchev–Trinajstić information content (AvgIpc) is 2.28. The van der Waals surface area contributed by atoms with Crippen LogP contribution in [0.5, 0.6) is 0 Å². The molecule has 1 heterocycles. The Morgan fingerprint density at radius 1 is 1.47 bits per heavy atom. The molecule has 0 aliphatic carbocycles. The highest BCUT2D eigenvalue weighted by Crippen LogP contribution is 2.27. The summed E-state index contributed by atoms with van der Waals surface area (Å²) in [5.74, 6) is 0. The molecule has 94 valence electrons. The second kappa shape index (κ2) is 4.94. The van der Waals surface area contributed by atoms with E-state index in [4.69, 9.17) is 10.5 Å². The number of benzene rings is 1. The fourth-order valence-corrected chi connectivity index (χ4v) is 2.30. The van der Waals surface area contributed by atoms with Gasteiger partial charge < -0.3 is 20.5 Å². The molecular formula is C13H20N2O2.